The molecule has 2 atom stereocenters. The summed E-state index contributed by atoms with van der Waals surface area (Å²) in [6, 6.07) is 0. The lowest BCUT2D eigenvalue weighted by Crippen LogP contribution is -2.39. The molecule has 0 saturated carbocycles. The van der Waals surface area contributed by atoms with Crippen molar-refractivity contribution in [1.29, 1.82) is 0 Å². The maximum atomic E-state index is 11.4. The van der Waals surface area contributed by atoms with Crippen molar-refractivity contribution < 1.29 is 4.21 Å². The molecule has 0 aliphatic rings. The molecule has 2 unspecified atom stereocenters. The molecule has 0 aromatic rings. The number of rotatable bonds is 4. The average molecular weight is 177 g/mol. The lowest BCUT2D eigenvalue weighted by atomic mass is 10.1. The monoisotopic (exact) mass is 177 g/mol. The number of nitrogens with two attached hydrogens (primary N) is 1. The SMILES string of the molecule is CCC(C)S(=O)CC(C)(C)N. The van der Waals surface area contributed by atoms with E-state index in [1.54, 1.807) is 0 Å². The van der Waals surface area contributed by atoms with Gasteiger partial charge in [-0.2, -0.15) is 0 Å². The van der Waals surface area contributed by atoms with Crippen LogP contribution in [0.4, 0.5) is 0 Å². The normalized spacial score (nSPS) is 17.9. The minimum Gasteiger partial charge on any atom is -0.325 e. The fourth-order valence-electron chi connectivity index (χ4n) is 0.695. The lowest BCUT2D eigenvalue weighted by Gasteiger charge is -2.19. The third-order valence-electron chi connectivity index (χ3n) is 1.54. The van der Waals surface area contributed by atoms with Crippen LogP contribution in [0.5, 0.6) is 0 Å². The Morgan fingerprint density at radius 1 is 1.55 bits per heavy atom. The van der Waals surface area contributed by atoms with Crippen molar-refractivity contribution in [3.8, 4) is 0 Å². The van der Waals surface area contributed by atoms with Crippen molar-refractivity contribution in [2.45, 2.75) is 44.9 Å². The molecular formula is C8H19NOS. The van der Waals surface area contributed by atoms with Crippen LogP contribution in [0.15, 0.2) is 0 Å². The van der Waals surface area contributed by atoms with Gasteiger partial charge in [0, 0.05) is 27.3 Å². The van der Waals surface area contributed by atoms with Gasteiger partial charge >= 0.3 is 0 Å². The standard InChI is InChI=1S/C8H19NOS/c1-5-7(2)11(10)6-8(3,4)9/h7H,5-6,9H2,1-4H3. The van der Waals surface area contributed by atoms with Crippen LogP contribution >= 0.6 is 0 Å². The minimum atomic E-state index is -0.759. The second-order valence-electron chi connectivity index (χ2n) is 3.73. The molecule has 0 aromatic heterocycles. The summed E-state index contributed by atoms with van der Waals surface area (Å²) in [5.41, 5.74) is 5.44. The molecule has 0 aliphatic carbocycles. The van der Waals surface area contributed by atoms with Gasteiger partial charge in [0.05, 0.1) is 0 Å². The van der Waals surface area contributed by atoms with Gasteiger partial charge in [-0.05, 0) is 20.3 Å². The predicted molar refractivity (Wildman–Crippen MR) is 51.0 cm³/mol. The van der Waals surface area contributed by atoms with Gasteiger partial charge in [0.1, 0.15) is 0 Å². The van der Waals surface area contributed by atoms with Crippen LogP contribution in [-0.4, -0.2) is 20.8 Å². The van der Waals surface area contributed by atoms with Gasteiger partial charge in [-0.1, -0.05) is 13.8 Å². The lowest BCUT2D eigenvalue weighted by molar-refractivity contribution is 0.573. The van der Waals surface area contributed by atoms with E-state index in [0.717, 1.165) is 6.42 Å². The predicted octanol–water partition coefficient (Wildman–Crippen LogP) is 1.27. The van der Waals surface area contributed by atoms with Crippen LogP contribution in [0.3, 0.4) is 0 Å². The topological polar surface area (TPSA) is 43.1 Å². The first kappa shape index (κ1) is 11.1. The molecule has 0 fully saturated rings. The first-order chi connectivity index (χ1) is 4.87. The Bertz CT molecular complexity index is 140. The van der Waals surface area contributed by atoms with Gasteiger partial charge in [0.2, 0.25) is 0 Å². The Kier molecular flexibility index (Phi) is 4.26. The quantitative estimate of drug-likeness (QED) is 0.703. The maximum Gasteiger partial charge on any atom is 0.0412 e. The highest BCUT2D eigenvalue weighted by molar-refractivity contribution is 7.85. The van der Waals surface area contributed by atoms with Crippen molar-refractivity contribution >= 4 is 10.8 Å². The minimum absolute atomic E-state index is 0.276. The van der Waals surface area contributed by atoms with Crippen molar-refractivity contribution in [2.24, 2.45) is 5.73 Å². The van der Waals surface area contributed by atoms with Crippen molar-refractivity contribution in [2.75, 3.05) is 5.75 Å². The molecule has 0 aromatic carbocycles. The van der Waals surface area contributed by atoms with Gasteiger partial charge in [0.15, 0.2) is 0 Å². The molecule has 0 spiro atoms. The Hall–Kier alpha value is 0.110. The third-order valence-corrected chi connectivity index (χ3v) is 3.80. The summed E-state index contributed by atoms with van der Waals surface area (Å²) in [5, 5.41) is 0.276. The molecule has 2 N–H and O–H groups in total. The highest BCUT2D eigenvalue weighted by Crippen LogP contribution is 2.06. The van der Waals surface area contributed by atoms with E-state index in [1.165, 1.54) is 0 Å². The Balaban J connectivity index is 3.88. The molecule has 0 aliphatic heterocycles. The number of hydrogen-bond donors (Lipinski definition) is 1. The van der Waals surface area contributed by atoms with Crippen LogP contribution in [0.2, 0.25) is 0 Å². The Labute approximate surface area is 72.0 Å². The number of hydrogen-bond acceptors (Lipinski definition) is 2. The summed E-state index contributed by atoms with van der Waals surface area (Å²) in [7, 11) is -0.759. The summed E-state index contributed by atoms with van der Waals surface area (Å²) < 4.78 is 11.4. The average Bonchev–Trinajstić information content (AvgIpc) is 1.82. The van der Waals surface area contributed by atoms with E-state index in [0.29, 0.717) is 5.75 Å². The molecule has 0 radical (unpaired) electrons. The summed E-state index contributed by atoms with van der Waals surface area (Å²) in [5.74, 6) is 0.599. The Morgan fingerprint density at radius 2 is 2.00 bits per heavy atom. The van der Waals surface area contributed by atoms with Gasteiger partial charge in [-0.15, -0.1) is 0 Å². The van der Waals surface area contributed by atoms with Gasteiger partial charge in [0.25, 0.3) is 0 Å². The molecule has 68 valence electrons. The van der Waals surface area contributed by atoms with E-state index in [2.05, 4.69) is 0 Å². The van der Waals surface area contributed by atoms with Gasteiger partial charge in [-0.3, -0.25) is 4.21 Å². The van der Waals surface area contributed by atoms with Crippen LogP contribution in [-0.2, 0) is 10.8 Å². The fraction of sp³-hybridized carbons (Fsp3) is 1.00. The Morgan fingerprint density at radius 3 is 2.27 bits per heavy atom. The van der Waals surface area contributed by atoms with Crippen LogP contribution < -0.4 is 5.73 Å². The molecule has 3 heteroatoms. The van der Waals surface area contributed by atoms with Crippen LogP contribution in [0.25, 0.3) is 0 Å². The van der Waals surface area contributed by atoms with Crippen molar-refractivity contribution in [1.82, 2.24) is 0 Å². The summed E-state index contributed by atoms with van der Waals surface area (Å²) in [6.07, 6.45) is 0.961. The highest BCUT2D eigenvalue weighted by Gasteiger charge is 2.18. The first-order valence-electron chi connectivity index (χ1n) is 4.03. The third kappa shape index (κ3) is 5.39. The zero-order chi connectivity index (χ0) is 9.07. The van der Waals surface area contributed by atoms with Gasteiger partial charge in [-0.25, -0.2) is 0 Å². The molecule has 2 nitrogen and oxygen atoms in total. The van der Waals surface area contributed by atoms with E-state index >= 15 is 0 Å². The zero-order valence-electron chi connectivity index (χ0n) is 7.89. The molecular weight excluding hydrogens is 158 g/mol. The van der Waals surface area contributed by atoms with Crippen LogP contribution in [0, 0.1) is 0 Å². The van der Waals surface area contributed by atoms with E-state index in [9.17, 15) is 4.21 Å². The van der Waals surface area contributed by atoms with Crippen molar-refractivity contribution in [3.63, 3.8) is 0 Å². The molecule has 11 heavy (non-hydrogen) atoms. The van der Waals surface area contributed by atoms with E-state index < -0.39 is 10.8 Å². The second-order valence-corrected chi connectivity index (χ2v) is 5.59. The smallest absolute Gasteiger partial charge is 0.0412 e. The molecule has 0 amide bonds. The molecule has 0 saturated heterocycles. The largest absolute Gasteiger partial charge is 0.325 e. The van der Waals surface area contributed by atoms with E-state index in [1.807, 2.05) is 27.7 Å². The zero-order valence-corrected chi connectivity index (χ0v) is 8.70. The highest BCUT2D eigenvalue weighted by atomic mass is 32.2. The summed E-state index contributed by atoms with van der Waals surface area (Å²) in [4.78, 5) is 0. The van der Waals surface area contributed by atoms with E-state index in [4.69, 9.17) is 5.73 Å². The molecule has 0 bridgehead atoms. The van der Waals surface area contributed by atoms with Gasteiger partial charge < -0.3 is 5.73 Å². The first-order valence-corrected chi connectivity index (χ1v) is 5.41. The van der Waals surface area contributed by atoms with Crippen molar-refractivity contribution in [3.05, 3.63) is 0 Å². The van der Waals surface area contributed by atoms with Crippen LogP contribution in [0.1, 0.15) is 34.1 Å². The fourth-order valence-corrected chi connectivity index (χ4v) is 2.08. The maximum absolute atomic E-state index is 11.4. The summed E-state index contributed by atoms with van der Waals surface area (Å²) in [6.45, 7) is 7.87. The van der Waals surface area contributed by atoms with E-state index in [-0.39, 0.29) is 10.8 Å². The molecule has 0 rings (SSSR count). The second kappa shape index (κ2) is 4.21. The summed E-state index contributed by atoms with van der Waals surface area (Å²) >= 11 is 0. The molecule has 0 heterocycles.